The fourth-order valence-corrected chi connectivity index (χ4v) is 4.21. The van der Waals surface area contributed by atoms with Crippen molar-refractivity contribution in [3.63, 3.8) is 0 Å². The molecule has 0 spiro atoms. The Morgan fingerprint density at radius 2 is 1.85 bits per heavy atom. The number of benzene rings is 1. The van der Waals surface area contributed by atoms with Crippen LogP contribution in [0.15, 0.2) is 24.3 Å². The molecule has 0 saturated carbocycles. The average molecular weight is 384 g/mol. The summed E-state index contributed by atoms with van der Waals surface area (Å²) in [6.07, 6.45) is 0.785. The summed E-state index contributed by atoms with van der Waals surface area (Å²) >= 11 is 1.45. The van der Waals surface area contributed by atoms with E-state index in [0.717, 1.165) is 44.3 Å². The summed E-state index contributed by atoms with van der Waals surface area (Å²) in [6, 6.07) is 7.91. The van der Waals surface area contributed by atoms with Crippen LogP contribution in [0.4, 0.5) is 0 Å². The second kappa shape index (κ2) is 8.05. The number of hydrogen-bond donors (Lipinski definition) is 0. The first-order valence-corrected chi connectivity index (χ1v) is 9.94. The molecule has 2 aromatic heterocycles. The largest absolute Gasteiger partial charge is 0.492 e. The first-order valence-electron chi connectivity index (χ1n) is 9.12. The molecule has 0 fully saturated rings. The van der Waals surface area contributed by atoms with Crippen LogP contribution in [0.25, 0.3) is 10.2 Å². The summed E-state index contributed by atoms with van der Waals surface area (Å²) < 4.78 is 5.74. The SMILES string of the molecule is CCc1nc(C)c2c(C)c(C(=O)N(C)CCOc3ccc(C)cc3)sc2n1. The molecule has 0 aliphatic rings. The number of carbonyl (C=O) groups is 1. The van der Waals surface area contributed by atoms with Crippen LogP contribution < -0.4 is 4.74 Å². The molecule has 1 aromatic carbocycles. The lowest BCUT2D eigenvalue weighted by molar-refractivity contribution is 0.0778. The van der Waals surface area contributed by atoms with Gasteiger partial charge in [-0.3, -0.25) is 4.79 Å². The molecule has 0 unspecified atom stereocenters. The minimum atomic E-state index is 0.000421. The van der Waals surface area contributed by atoms with Gasteiger partial charge in [-0.25, -0.2) is 9.97 Å². The maximum atomic E-state index is 12.9. The predicted molar refractivity (Wildman–Crippen MR) is 110 cm³/mol. The number of fused-ring (bicyclic) bond motifs is 1. The molecule has 0 aliphatic heterocycles. The number of ether oxygens (including phenoxy) is 1. The fourth-order valence-electron chi connectivity index (χ4n) is 2.97. The van der Waals surface area contributed by atoms with E-state index in [-0.39, 0.29) is 5.91 Å². The van der Waals surface area contributed by atoms with E-state index in [1.807, 2.05) is 52.0 Å². The van der Waals surface area contributed by atoms with Crippen molar-refractivity contribution in [3.8, 4) is 5.75 Å². The Morgan fingerprint density at radius 3 is 2.52 bits per heavy atom. The predicted octanol–water partition coefficient (Wildman–Crippen LogP) is 4.33. The topological polar surface area (TPSA) is 55.3 Å². The van der Waals surface area contributed by atoms with E-state index in [2.05, 4.69) is 9.97 Å². The van der Waals surface area contributed by atoms with Gasteiger partial charge in [0.15, 0.2) is 0 Å². The Bertz CT molecular complexity index is 964. The summed E-state index contributed by atoms with van der Waals surface area (Å²) in [6.45, 7) is 9.01. The Kier molecular flexibility index (Phi) is 5.75. The van der Waals surface area contributed by atoms with Gasteiger partial charge in [0.2, 0.25) is 0 Å². The number of thiophene rings is 1. The molecule has 0 N–H and O–H groups in total. The highest BCUT2D eigenvalue weighted by Gasteiger charge is 2.21. The quantitative estimate of drug-likeness (QED) is 0.636. The van der Waals surface area contributed by atoms with Crippen LogP contribution in [0.2, 0.25) is 0 Å². The molecule has 6 heteroatoms. The monoisotopic (exact) mass is 383 g/mol. The Morgan fingerprint density at radius 1 is 1.15 bits per heavy atom. The lowest BCUT2D eigenvalue weighted by Gasteiger charge is -2.17. The molecule has 1 amide bonds. The molecule has 0 atom stereocenters. The van der Waals surface area contributed by atoms with Gasteiger partial charge in [-0.1, -0.05) is 24.6 Å². The minimum Gasteiger partial charge on any atom is -0.492 e. The molecular formula is C21H25N3O2S. The number of rotatable bonds is 6. The third-order valence-electron chi connectivity index (χ3n) is 4.59. The Balaban J connectivity index is 1.71. The summed E-state index contributed by atoms with van der Waals surface area (Å²) in [5.41, 5.74) is 3.10. The number of aromatic nitrogens is 2. The number of hydrogen-bond acceptors (Lipinski definition) is 5. The van der Waals surface area contributed by atoms with Gasteiger partial charge < -0.3 is 9.64 Å². The lowest BCUT2D eigenvalue weighted by atomic mass is 10.1. The van der Waals surface area contributed by atoms with Gasteiger partial charge in [-0.15, -0.1) is 11.3 Å². The standard InChI is InChI=1S/C21H25N3O2S/c1-6-17-22-15(4)18-14(3)19(27-20(18)23-17)21(25)24(5)11-12-26-16-9-7-13(2)8-10-16/h7-10H,6,11-12H2,1-5H3. The minimum absolute atomic E-state index is 0.000421. The zero-order valence-corrected chi connectivity index (χ0v) is 17.3. The summed E-state index contributed by atoms with van der Waals surface area (Å²) in [4.78, 5) is 25.4. The van der Waals surface area contributed by atoms with Crippen molar-refractivity contribution in [2.75, 3.05) is 20.2 Å². The van der Waals surface area contributed by atoms with Crippen molar-refractivity contribution in [3.05, 3.63) is 51.8 Å². The van der Waals surface area contributed by atoms with Gasteiger partial charge in [0, 0.05) is 24.5 Å². The van der Waals surface area contributed by atoms with Crippen LogP contribution in [0.3, 0.4) is 0 Å². The molecule has 2 heterocycles. The second-order valence-corrected chi connectivity index (χ2v) is 7.70. The fraction of sp³-hybridized carbons (Fsp3) is 0.381. The molecule has 27 heavy (non-hydrogen) atoms. The molecule has 3 aromatic rings. The number of likely N-dealkylation sites (N-methyl/N-ethyl adjacent to an activating group) is 1. The maximum Gasteiger partial charge on any atom is 0.264 e. The van der Waals surface area contributed by atoms with E-state index in [4.69, 9.17) is 4.74 Å². The highest BCUT2D eigenvalue weighted by molar-refractivity contribution is 7.20. The molecule has 142 valence electrons. The molecule has 5 nitrogen and oxygen atoms in total. The third kappa shape index (κ3) is 4.11. The second-order valence-electron chi connectivity index (χ2n) is 6.70. The number of amides is 1. The van der Waals surface area contributed by atoms with E-state index in [0.29, 0.717) is 13.2 Å². The van der Waals surface area contributed by atoms with Crippen LogP contribution in [-0.4, -0.2) is 41.0 Å². The number of carbonyl (C=O) groups excluding carboxylic acids is 1. The van der Waals surface area contributed by atoms with Gasteiger partial charge >= 0.3 is 0 Å². The average Bonchev–Trinajstić information content (AvgIpc) is 2.99. The summed E-state index contributed by atoms with van der Waals surface area (Å²) in [7, 11) is 1.81. The van der Waals surface area contributed by atoms with Crippen molar-refractivity contribution in [1.82, 2.24) is 14.9 Å². The van der Waals surface area contributed by atoms with Gasteiger partial charge in [-0.05, 0) is 38.5 Å². The van der Waals surface area contributed by atoms with E-state index >= 15 is 0 Å². The summed E-state index contributed by atoms with van der Waals surface area (Å²) in [5.74, 6) is 1.64. The van der Waals surface area contributed by atoms with E-state index in [1.54, 1.807) is 11.9 Å². The van der Waals surface area contributed by atoms with Crippen molar-refractivity contribution in [2.45, 2.75) is 34.1 Å². The van der Waals surface area contributed by atoms with Crippen molar-refractivity contribution >= 4 is 27.5 Å². The lowest BCUT2D eigenvalue weighted by Crippen LogP contribution is -2.30. The van der Waals surface area contributed by atoms with Crippen molar-refractivity contribution in [1.29, 1.82) is 0 Å². The van der Waals surface area contributed by atoms with Gasteiger partial charge in [0.25, 0.3) is 5.91 Å². The normalized spacial score (nSPS) is 11.0. The zero-order chi connectivity index (χ0) is 19.6. The van der Waals surface area contributed by atoms with E-state index in [9.17, 15) is 4.79 Å². The van der Waals surface area contributed by atoms with Crippen molar-refractivity contribution in [2.24, 2.45) is 0 Å². The van der Waals surface area contributed by atoms with Crippen LogP contribution in [0.1, 0.15) is 39.2 Å². The van der Waals surface area contributed by atoms with Crippen LogP contribution in [-0.2, 0) is 6.42 Å². The first-order chi connectivity index (χ1) is 12.9. The van der Waals surface area contributed by atoms with E-state index in [1.165, 1.54) is 16.9 Å². The molecule has 0 radical (unpaired) electrons. The van der Waals surface area contributed by atoms with Gasteiger partial charge in [0.05, 0.1) is 11.4 Å². The van der Waals surface area contributed by atoms with Crippen LogP contribution >= 0.6 is 11.3 Å². The molecule has 3 rings (SSSR count). The molecule has 0 bridgehead atoms. The van der Waals surface area contributed by atoms with Crippen molar-refractivity contribution < 1.29 is 9.53 Å². The highest BCUT2D eigenvalue weighted by Crippen LogP contribution is 2.32. The zero-order valence-electron chi connectivity index (χ0n) is 16.5. The summed E-state index contributed by atoms with van der Waals surface area (Å²) in [5, 5.41) is 1.00. The van der Waals surface area contributed by atoms with Crippen LogP contribution in [0, 0.1) is 20.8 Å². The Labute approximate surface area is 164 Å². The van der Waals surface area contributed by atoms with Gasteiger partial charge in [-0.2, -0.15) is 0 Å². The van der Waals surface area contributed by atoms with Crippen LogP contribution in [0.5, 0.6) is 5.75 Å². The Hall–Kier alpha value is -2.47. The molecule has 0 aliphatic carbocycles. The molecular weight excluding hydrogens is 358 g/mol. The number of aryl methyl sites for hydroxylation is 4. The van der Waals surface area contributed by atoms with E-state index < -0.39 is 0 Å². The maximum absolute atomic E-state index is 12.9. The smallest absolute Gasteiger partial charge is 0.264 e. The number of nitrogens with zero attached hydrogens (tertiary/aromatic N) is 3. The highest BCUT2D eigenvalue weighted by atomic mass is 32.1. The third-order valence-corrected chi connectivity index (χ3v) is 5.76. The van der Waals surface area contributed by atoms with Gasteiger partial charge in [0.1, 0.15) is 23.0 Å². The molecule has 0 saturated heterocycles. The first kappa shape index (κ1) is 19.3.